The predicted octanol–water partition coefficient (Wildman–Crippen LogP) is 1.61. The van der Waals surface area contributed by atoms with E-state index in [0.717, 1.165) is 11.3 Å². The molecule has 1 heterocycles. The summed E-state index contributed by atoms with van der Waals surface area (Å²) in [6.07, 6.45) is 0.848. The quantitative estimate of drug-likeness (QED) is 0.894. The number of hydrogen-bond acceptors (Lipinski definition) is 4. The summed E-state index contributed by atoms with van der Waals surface area (Å²) in [5, 5.41) is 9.07. The number of carboxylic acid groups (broad SMARTS) is 1. The van der Waals surface area contributed by atoms with Gasteiger partial charge in [0.1, 0.15) is 11.8 Å². The second-order valence-electron chi connectivity index (χ2n) is 4.53. The van der Waals surface area contributed by atoms with Gasteiger partial charge in [0.2, 0.25) is 5.91 Å². The van der Waals surface area contributed by atoms with Crippen molar-refractivity contribution in [3.63, 3.8) is 0 Å². The Bertz CT molecular complexity index is 506. The van der Waals surface area contributed by atoms with Gasteiger partial charge in [-0.1, -0.05) is 18.2 Å². The fraction of sp³-hybridized carbons (Fsp3) is 0.429. The second kappa shape index (κ2) is 6.65. The number of benzene rings is 1. The Labute approximate surface area is 121 Å². The summed E-state index contributed by atoms with van der Waals surface area (Å²) < 4.78 is 5.24. The van der Waals surface area contributed by atoms with Crippen LogP contribution < -0.4 is 4.74 Å². The van der Waals surface area contributed by atoms with Crippen LogP contribution in [0, 0.1) is 0 Å². The Morgan fingerprint density at radius 1 is 1.45 bits per heavy atom. The Hall–Kier alpha value is -1.69. The molecular formula is C14H17NO4S. The van der Waals surface area contributed by atoms with Crippen molar-refractivity contribution >= 4 is 23.6 Å². The van der Waals surface area contributed by atoms with E-state index >= 15 is 0 Å². The summed E-state index contributed by atoms with van der Waals surface area (Å²) in [5.41, 5.74) is 0.960. The first-order chi connectivity index (χ1) is 9.63. The monoisotopic (exact) mass is 295 g/mol. The summed E-state index contributed by atoms with van der Waals surface area (Å²) in [6.45, 7) is 0. The van der Waals surface area contributed by atoms with Gasteiger partial charge in [0, 0.05) is 12.2 Å². The van der Waals surface area contributed by atoms with Crippen molar-refractivity contribution < 1.29 is 19.4 Å². The molecule has 2 rings (SSSR count). The molecule has 1 aromatic rings. The molecule has 1 saturated heterocycles. The summed E-state index contributed by atoms with van der Waals surface area (Å²) in [7, 11) is 1.60. The number of rotatable bonds is 5. The molecule has 108 valence electrons. The molecule has 6 heteroatoms. The minimum atomic E-state index is -0.930. The van der Waals surface area contributed by atoms with Crippen LogP contribution in [0.15, 0.2) is 24.3 Å². The number of ether oxygens (including phenoxy) is 1. The third-order valence-corrected chi connectivity index (χ3v) is 4.30. The molecule has 1 N–H and O–H groups in total. The molecular weight excluding hydrogens is 278 g/mol. The second-order valence-corrected chi connectivity index (χ2v) is 5.53. The number of carboxylic acids is 1. The minimum Gasteiger partial charge on any atom is -0.496 e. The third-order valence-electron chi connectivity index (χ3n) is 3.29. The van der Waals surface area contributed by atoms with Gasteiger partial charge >= 0.3 is 5.97 Å². The highest BCUT2D eigenvalue weighted by Gasteiger charge is 2.34. The van der Waals surface area contributed by atoms with Crippen LogP contribution in [0.25, 0.3) is 0 Å². The highest BCUT2D eigenvalue weighted by atomic mass is 32.2. The van der Waals surface area contributed by atoms with Crippen molar-refractivity contribution in [2.24, 2.45) is 0 Å². The zero-order valence-corrected chi connectivity index (χ0v) is 12.1. The first kappa shape index (κ1) is 14.7. The highest BCUT2D eigenvalue weighted by Crippen LogP contribution is 2.24. The van der Waals surface area contributed by atoms with Crippen molar-refractivity contribution in [1.29, 1.82) is 0 Å². The Morgan fingerprint density at radius 3 is 2.90 bits per heavy atom. The lowest BCUT2D eigenvalue weighted by atomic mass is 10.1. The van der Waals surface area contributed by atoms with Crippen LogP contribution in [0.4, 0.5) is 0 Å². The van der Waals surface area contributed by atoms with E-state index in [4.69, 9.17) is 9.84 Å². The molecule has 1 aromatic carbocycles. The van der Waals surface area contributed by atoms with E-state index in [9.17, 15) is 9.59 Å². The van der Waals surface area contributed by atoms with E-state index in [2.05, 4.69) is 0 Å². The minimum absolute atomic E-state index is 0.117. The van der Waals surface area contributed by atoms with Gasteiger partial charge in [-0.25, -0.2) is 4.79 Å². The molecule has 0 aromatic heterocycles. The maximum Gasteiger partial charge on any atom is 0.327 e. The maximum absolute atomic E-state index is 12.1. The lowest BCUT2D eigenvalue weighted by Crippen LogP contribution is -2.41. The van der Waals surface area contributed by atoms with Crippen LogP contribution in [-0.4, -0.2) is 46.7 Å². The lowest BCUT2D eigenvalue weighted by molar-refractivity contribution is -0.147. The molecule has 1 aliphatic rings. The van der Waals surface area contributed by atoms with Crippen molar-refractivity contribution in [2.75, 3.05) is 18.7 Å². The first-order valence-corrected chi connectivity index (χ1v) is 7.51. The SMILES string of the molecule is COc1ccccc1CCC(=O)N1CSC[C@H]1C(=O)O. The molecule has 0 radical (unpaired) electrons. The normalized spacial score (nSPS) is 18.1. The number of carbonyl (C=O) groups excluding carboxylic acids is 1. The Morgan fingerprint density at radius 2 is 2.20 bits per heavy atom. The molecule has 0 unspecified atom stereocenters. The zero-order chi connectivity index (χ0) is 14.5. The number of para-hydroxylation sites is 1. The van der Waals surface area contributed by atoms with Crippen molar-refractivity contribution in [2.45, 2.75) is 18.9 Å². The number of amides is 1. The summed E-state index contributed by atoms with van der Waals surface area (Å²) in [5.74, 6) is 0.636. The van der Waals surface area contributed by atoms with E-state index in [-0.39, 0.29) is 5.91 Å². The summed E-state index contributed by atoms with van der Waals surface area (Å²) in [6, 6.07) is 6.85. The highest BCUT2D eigenvalue weighted by molar-refractivity contribution is 7.99. The smallest absolute Gasteiger partial charge is 0.327 e. The summed E-state index contributed by atoms with van der Waals surface area (Å²) >= 11 is 1.48. The average Bonchev–Trinajstić information content (AvgIpc) is 2.94. The predicted molar refractivity (Wildman–Crippen MR) is 76.9 cm³/mol. The van der Waals surface area contributed by atoms with Crippen LogP contribution in [0.3, 0.4) is 0 Å². The number of carbonyl (C=O) groups is 2. The molecule has 20 heavy (non-hydrogen) atoms. The molecule has 0 spiro atoms. The molecule has 0 aliphatic carbocycles. The molecule has 1 aliphatic heterocycles. The zero-order valence-electron chi connectivity index (χ0n) is 11.2. The summed E-state index contributed by atoms with van der Waals surface area (Å²) in [4.78, 5) is 24.7. The third kappa shape index (κ3) is 3.25. The molecule has 1 atom stereocenters. The van der Waals surface area contributed by atoms with Gasteiger partial charge in [-0.05, 0) is 18.1 Å². The molecule has 5 nitrogen and oxygen atoms in total. The topological polar surface area (TPSA) is 66.8 Å². The number of methoxy groups -OCH3 is 1. The van der Waals surface area contributed by atoms with E-state index in [1.54, 1.807) is 7.11 Å². The number of aryl methyl sites for hydroxylation is 1. The van der Waals surface area contributed by atoms with Gasteiger partial charge in [0.25, 0.3) is 0 Å². The van der Waals surface area contributed by atoms with Gasteiger partial charge < -0.3 is 14.7 Å². The first-order valence-electron chi connectivity index (χ1n) is 6.35. The largest absolute Gasteiger partial charge is 0.496 e. The number of thioether (sulfide) groups is 1. The number of hydrogen-bond donors (Lipinski definition) is 1. The Kier molecular flexibility index (Phi) is 4.89. The maximum atomic E-state index is 12.1. The molecule has 1 fully saturated rings. The van der Waals surface area contributed by atoms with E-state index < -0.39 is 12.0 Å². The van der Waals surface area contributed by atoms with Crippen LogP contribution in [-0.2, 0) is 16.0 Å². The van der Waals surface area contributed by atoms with E-state index in [0.29, 0.717) is 24.5 Å². The Balaban J connectivity index is 1.97. The number of aliphatic carboxylic acids is 1. The van der Waals surface area contributed by atoms with Crippen molar-refractivity contribution in [3.8, 4) is 5.75 Å². The van der Waals surface area contributed by atoms with Gasteiger partial charge in [-0.3, -0.25) is 4.79 Å². The fourth-order valence-electron chi connectivity index (χ4n) is 2.19. The number of nitrogens with zero attached hydrogens (tertiary/aromatic N) is 1. The van der Waals surface area contributed by atoms with Crippen LogP contribution in [0.2, 0.25) is 0 Å². The molecule has 1 amide bonds. The standard InChI is InChI=1S/C14H17NO4S/c1-19-12-5-3-2-4-10(12)6-7-13(16)15-9-20-8-11(15)14(17)18/h2-5,11H,6-9H2,1H3,(H,17,18)/t11-/m0/s1. The van der Waals surface area contributed by atoms with Crippen molar-refractivity contribution in [1.82, 2.24) is 4.90 Å². The van der Waals surface area contributed by atoms with Crippen molar-refractivity contribution in [3.05, 3.63) is 29.8 Å². The average molecular weight is 295 g/mol. The van der Waals surface area contributed by atoms with E-state index in [1.165, 1.54) is 16.7 Å². The van der Waals surface area contributed by atoms with Crippen LogP contribution >= 0.6 is 11.8 Å². The van der Waals surface area contributed by atoms with Crippen LogP contribution in [0.5, 0.6) is 5.75 Å². The molecule has 0 saturated carbocycles. The molecule has 0 bridgehead atoms. The van der Waals surface area contributed by atoms with Gasteiger partial charge in [-0.2, -0.15) is 0 Å². The lowest BCUT2D eigenvalue weighted by Gasteiger charge is -2.20. The van der Waals surface area contributed by atoms with Gasteiger partial charge in [-0.15, -0.1) is 11.8 Å². The van der Waals surface area contributed by atoms with Crippen LogP contribution in [0.1, 0.15) is 12.0 Å². The fourth-order valence-corrected chi connectivity index (χ4v) is 3.36. The van der Waals surface area contributed by atoms with E-state index in [1.807, 2.05) is 24.3 Å². The van der Waals surface area contributed by atoms with Gasteiger partial charge in [0.15, 0.2) is 0 Å². The van der Waals surface area contributed by atoms with Gasteiger partial charge in [0.05, 0.1) is 13.0 Å².